The molecule has 0 saturated carbocycles. The second-order valence-electron chi connectivity index (χ2n) is 5.22. The summed E-state index contributed by atoms with van der Waals surface area (Å²) in [6.45, 7) is 3.96. The summed E-state index contributed by atoms with van der Waals surface area (Å²) in [4.78, 5) is 13.9. The van der Waals surface area contributed by atoms with E-state index >= 15 is 0 Å². The van der Waals surface area contributed by atoms with E-state index in [0.29, 0.717) is 6.54 Å². The predicted molar refractivity (Wildman–Crippen MR) is 78.3 cm³/mol. The van der Waals surface area contributed by atoms with Crippen molar-refractivity contribution in [3.05, 3.63) is 34.6 Å². The Morgan fingerprint density at radius 3 is 2.75 bits per heavy atom. The van der Waals surface area contributed by atoms with Gasteiger partial charge in [-0.05, 0) is 43.9 Å². The summed E-state index contributed by atoms with van der Waals surface area (Å²) in [6.07, 6.45) is 3.39. The minimum Gasteiger partial charge on any atom is -0.342 e. The van der Waals surface area contributed by atoms with Gasteiger partial charge >= 0.3 is 0 Å². The van der Waals surface area contributed by atoms with Crippen molar-refractivity contribution in [1.29, 1.82) is 0 Å². The van der Waals surface area contributed by atoms with Crippen LogP contribution in [-0.4, -0.2) is 30.4 Å². The van der Waals surface area contributed by atoms with Crippen LogP contribution in [0.1, 0.15) is 37.8 Å². The molecule has 1 atom stereocenters. The Balaban J connectivity index is 1.86. The van der Waals surface area contributed by atoms with E-state index in [1.807, 2.05) is 11.8 Å². The molecule has 1 unspecified atom stereocenters. The number of rotatable bonds is 4. The van der Waals surface area contributed by atoms with Gasteiger partial charge in [0.25, 0.3) is 0 Å². The van der Waals surface area contributed by atoms with Gasteiger partial charge in [0.15, 0.2) is 0 Å². The summed E-state index contributed by atoms with van der Waals surface area (Å²) >= 11 is 5.76. The third kappa shape index (κ3) is 3.93. The lowest BCUT2D eigenvalue weighted by Gasteiger charge is -2.27. The lowest BCUT2D eigenvalue weighted by Crippen LogP contribution is -2.41. The molecule has 1 N–H and O–H groups in total. The van der Waals surface area contributed by atoms with Gasteiger partial charge in [-0.15, -0.1) is 0 Å². The largest absolute Gasteiger partial charge is 0.342 e. The van der Waals surface area contributed by atoms with Gasteiger partial charge < -0.3 is 10.2 Å². The normalized spacial score (nSPS) is 17.1. The molecule has 1 aliphatic heterocycles. The van der Waals surface area contributed by atoms with Crippen LogP contribution in [0.2, 0.25) is 5.02 Å². The highest BCUT2D eigenvalue weighted by Gasteiger charge is 2.17. The molecule has 0 bridgehead atoms. The molecule has 0 spiro atoms. The number of amides is 1. The zero-order valence-electron chi connectivity index (χ0n) is 11.7. The van der Waals surface area contributed by atoms with Crippen molar-refractivity contribution in [3.63, 3.8) is 0 Å². The average Bonchev–Trinajstić information content (AvgIpc) is 2.48. The zero-order valence-corrected chi connectivity index (χ0v) is 12.4. The summed E-state index contributed by atoms with van der Waals surface area (Å²) in [5.74, 6) is -0.295. The van der Waals surface area contributed by atoms with Gasteiger partial charge in [-0.2, -0.15) is 0 Å². The third-order valence-corrected chi connectivity index (χ3v) is 4.00. The van der Waals surface area contributed by atoms with E-state index in [4.69, 9.17) is 11.6 Å². The quantitative estimate of drug-likeness (QED) is 0.926. The smallest absolute Gasteiger partial charge is 0.236 e. The molecular formula is C15H20ClFN2O. The molecule has 1 heterocycles. The van der Waals surface area contributed by atoms with E-state index in [2.05, 4.69) is 5.32 Å². The van der Waals surface area contributed by atoms with Crippen molar-refractivity contribution in [2.24, 2.45) is 0 Å². The Morgan fingerprint density at radius 1 is 1.40 bits per heavy atom. The molecular weight excluding hydrogens is 279 g/mol. The second-order valence-corrected chi connectivity index (χ2v) is 5.62. The van der Waals surface area contributed by atoms with Crippen LogP contribution >= 0.6 is 11.6 Å². The highest BCUT2D eigenvalue weighted by molar-refractivity contribution is 6.30. The molecule has 5 heteroatoms. The van der Waals surface area contributed by atoms with Crippen molar-refractivity contribution in [3.8, 4) is 0 Å². The molecule has 0 radical (unpaired) electrons. The summed E-state index contributed by atoms with van der Waals surface area (Å²) in [5.41, 5.74) is 0.878. The first kappa shape index (κ1) is 15.3. The van der Waals surface area contributed by atoms with Crippen molar-refractivity contribution >= 4 is 17.5 Å². The average molecular weight is 299 g/mol. The summed E-state index contributed by atoms with van der Waals surface area (Å²) in [6, 6.07) is 4.59. The van der Waals surface area contributed by atoms with Gasteiger partial charge in [-0.3, -0.25) is 4.79 Å². The van der Waals surface area contributed by atoms with Crippen LogP contribution in [-0.2, 0) is 4.79 Å². The van der Waals surface area contributed by atoms with Crippen LogP contribution in [0.5, 0.6) is 0 Å². The van der Waals surface area contributed by atoms with Gasteiger partial charge in [0.1, 0.15) is 5.82 Å². The van der Waals surface area contributed by atoms with Crippen molar-refractivity contribution in [2.75, 3.05) is 19.6 Å². The standard InChI is InChI=1S/C15H20ClFN2O/c1-11(12-5-6-14(17)13(16)9-12)18-10-15(20)19-7-3-2-4-8-19/h5-6,9,11,18H,2-4,7-8,10H2,1H3. The van der Waals surface area contributed by atoms with Crippen LogP contribution in [0, 0.1) is 5.82 Å². The van der Waals surface area contributed by atoms with E-state index in [0.717, 1.165) is 31.5 Å². The predicted octanol–water partition coefficient (Wildman–Crippen LogP) is 3.14. The summed E-state index contributed by atoms with van der Waals surface area (Å²) in [7, 11) is 0. The number of piperidine rings is 1. The lowest BCUT2D eigenvalue weighted by molar-refractivity contribution is -0.131. The maximum Gasteiger partial charge on any atom is 0.236 e. The summed E-state index contributed by atoms with van der Waals surface area (Å²) < 4.78 is 13.1. The van der Waals surface area contributed by atoms with Crippen LogP contribution < -0.4 is 5.32 Å². The van der Waals surface area contributed by atoms with Gasteiger partial charge in [-0.25, -0.2) is 4.39 Å². The monoisotopic (exact) mass is 298 g/mol. The van der Waals surface area contributed by atoms with E-state index in [9.17, 15) is 9.18 Å². The van der Waals surface area contributed by atoms with Gasteiger partial charge in [0.05, 0.1) is 11.6 Å². The highest BCUT2D eigenvalue weighted by Crippen LogP contribution is 2.20. The first-order valence-corrected chi connectivity index (χ1v) is 7.42. The third-order valence-electron chi connectivity index (χ3n) is 3.71. The maximum absolute atomic E-state index is 13.1. The van der Waals surface area contributed by atoms with Crippen LogP contribution in [0.3, 0.4) is 0 Å². The van der Waals surface area contributed by atoms with Gasteiger partial charge in [-0.1, -0.05) is 17.7 Å². The second kappa shape index (κ2) is 7.04. The molecule has 1 aromatic carbocycles. The number of nitrogens with one attached hydrogen (secondary N) is 1. The van der Waals surface area contributed by atoms with E-state index < -0.39 is 5.82 Å². The van der Waals surface area contributed by atoms with Crippen molar-refractivity contribution in [2.45, 2.75) is 32.2 Å². The van der Waals surface area contributed by atoms with Crippen LogP contribution in [0.4, 0.5) is 4.39 Å². The molecule has 1 aromatic rings. The first-order chi connectivity index (χ1) is 9.58. The fraction of sp³-hybridized carbons (Fsp3) is 0.533. The highest BCUT2D eigenvalue weighted by atomic mass is 35.5. The molecule has 1 aliphatic rings. The van der Waals surface area contributed by atoms with Crippen molar-refractivity contribution in [1.82, 2.24) is 10.2 Å². The zero-order chi connectivity index (χ0) is 14.5. The number of benzene rings is 1. The molecule has 3 nitrogen and oxygen atoms in total. The number of nitrogens with zero attached hydrogens (tertiary/aromatic N) is 1. The number of likely N-dealkylation sites (tertiary alicyclic amines) is 1. The Morgan fingerprint density at radius 2 is 2.10 bits per heavy atom. The SMILES string of the molecule is CC(NCC(=O)N1CCCCC1)c1ccc(F)c(Cl)c1. The Bertz CT molecular complexity index is 475. The topological polar surface area (TPSA) is 32.3 Å². The Kier molecular flexibility index (Phi) is 5.38. The maximum atomic E-state index is 13.1. The number of hydrogen-bond acceptors (Lipinski definition) is 2. The molecule has 1 amide bonds. The number of halogens is 2. The van der Waals surface area contributed by atoms with E-state index in [1.165, 1.54) is 12.5 Å². The fourth-order valence-corrected chi connectivity index (χ4v) is 2.58. The van der Waals surface area contributed by atoms with E-state index in [-0.39, 0.29) is 17.0 Å². The first-order valence-electron chi connectivity index (χ1n) is 7.04. The Hall–Kier alpha value is -1.13. The number of hydrogen-bond donors (Lipinski definition) is 1. The molecule has 0 aliphatic carbocycles. The Labute approximate surface area is 124 Å². The molecule has 2 rings (SSSR count). The lowest BCUT2D eigenvalue weighted by atomic mass is 10.1. The molecule has 20 heavy (non-hydrogen) atoms. The van der Waals surface area contributed by atoms with E-state index in [1.54, 1.807) is 12.1 Å². The molecule has 110 valence electrons. The number of carbonyl (C=O) groups excluding carboxylic acids is 1. The van der Waals surface area contributed by atoms with Crippen molar-refractivity contribution < 1.29 is 9.18 Å². The number of carbonyl (C=O) groups is 1. The molecule has 1 fully saturated rings. The molecule has 0 aromatic heterocycles. The fourth-order valence-electron chi connectivity index (χ4n) is 2.40. The van der Waals surface area contributed by atoms with Gasteiger partial charge in [0.2, 0.25) is 5.91 Å². The van der Waals surface area contributed by atoms with Crippen LogP contribution in [0.25, 0.3) is 0 Å². The minimum atomic E-state index is -0.424. The molecule has 1 saturated heterocycles. The minimum absolute atomic E-state index is 0.0400. The van der Waals surface area contributed by atoms with Gasteiger partial charge in [0, 0.05) is 19.1 Å². The van der Waals surface area contributed by atoms with Crippen LogP contribution in [0.15, 0.2) is 18.2 Å². The summed E-state index contributed by atoms with van der Waals surface area (Å²) in [5, 5.41) is 3.28.